The summed E-state index contributed by atoms with van der Waals surface area (Å²) in [7, 11) is 3.23. The topological polar surface area (TPSA) is 67.0 Å². The maximum absolute atomic E-state index is 11.8. The number of ether oxygens (including phenoxy) is 1. The van der Waals surface area contributed by atoms with Crippen LogP contribution in [0.4, 0.5) is 0 Å². The van der Waals surface area contributed by atoms with E-state index in [-0.39, 0.29) is 5.91 Å². The molecule has 0 aliphatic carbocycles. The second kappa shape index (κ2) is 5.28. The molecule has 0 radical (unpaired) electrons. The van der Waals surface area contributed by atoms with Crippen molar-refractivity contribution in [3.63, 3.8) is 0 Å². The number of hydrogen-bond donors (Lipinski definition) is 2. The first-order valence-electron chi connectivity index (χ1n) is 6.57. The molecule has 106 valence electrons. The van der Waals surface area contributed by atoms with E-state index in [1.807, 2.05) is 24.4 Å². The molecule has 0 unspecified atom stereocenters. The maximum atomic E-state index is 11.8. The van der Waals surface area contributed by atoms with Gasteiger partial charge in [-0.15, -0.1) is 0 Å². The highest BCUT2D eigenvalue weighted by Gasteiger charge is 2.13. The van der Waals surface area contributed by atoms with Crippen LogP contribution in [-0.2, 0) is 0 Å². The fraction of sp³-hybridized carbons (Fsp3) is 0.125. The number of aromatic nitrogens is 2. The first-order valence-corrected chi connectivity index (χ1v) is 6.57. The Kier molecular flexibility index (Phi) is 3.31. The molecule has 3 aromatic rings. The minimum absolute atomic E-state index is 0.127. The second-order valence-electron chi connectivity index (χ2n) is 4.59. The number of nitrogens with zero attached hydrogens (tertiary/aromatic N) is 1. The Balaban J connectivity index is 2.24. The highest BCUT2D eigenvalue weighted by molar-refractivity contribution is 5.99. The molecule has 0 spiro atoms. The number of nitrogens with one attached hydrogen (secondary N) is 2. The molecule has 0 saturated heterocycles. The lowest BCUT2D eigenvalue weighted by atomic mass is 10.00. The average Bonchev–Trinajstić information content (AvgIpc) is 3.02. The molecule has 5 heteroatoms. The molecule has 0 fully saturated rings. The quantitative estimate of drug-likeness (QED) is 0.775. The Bertz CT molecular complexity index is 808. The number of hydrogen-bond acceptors (Lipinski definition) is 3. The molecular weight excluding hydrogens is 266 g/mol. The Morgan fingerprint density at radius 1 is 1.24 bits per heavy atom. The molecule has 1 amide bonds. The van der Waals surface area contributed by atoms with Crippen LogP contribution >= 0.6 is 0 Å². The Morgan fingerprint density at radius 3 is 2.86 bits per heavy atom. The van der Waals surface area contributed by atoms with E-state index in [9.17, 15) is 4.79 Å². The van der Waals surface area contributed by atoms with Crippen LogP contribution in [0.25, 0.3) is 22.2 Å². The summed E-state index contributed by atoms with van der Waals surface area (Å²) in [5.41, 5.74) is 3.24. The summed E-state index contributed by atoms with van der Waals surface area (Å²) < 4.78 is 5.43. The van der Waals surface area contributed by atoms with Crippen LogP contribution in [0.3, 0.4) is 0 Å². The van der Waals surface area contributed by atoms with E-state index in [1.54, 1.807) is 32.5 Å². The minimum Gasteiger partial charge on any atom is -0.496 e. The molecule has 3 rings (SSSR count). The Labute approximate surface area is 122 Å². The molecule has 0 bridgehead atoms. The van der Waals surface area contributed by atoms with Crippen LogP contribution in [0.15, 0.2) is 42.7 Å². The third-order valence-corrected chi connectivity index (χ3v) is 3.44. The van der Waals surface area contributed by atoms with Crippen molar-refractivity contribution in [1.82, 2.24) is 15.3 Å². The number of methoxy groups -OCH3 is 1. The van der Waals surface area contributed by atoms with E-state index in [4.69, 9.17) is 4.74 Å². The van der Waals surface area contributed by atoms with Crippen molar-refractivity contribution in [1.29, 1.82) is 0 Å². The molecule has 5 nitrogen and oxygen atoms in total. The van der Waals surface area contributed by atoms with Crippen molar-refractivity contribution in [2.75, 3.05) is 14.2 Å². The molecule has 1 aromatic carbocycles. The van der Waals surface area contributed by atoms with Crippen molar-refractivity contribution in [3.8, 4) is 16.9 Å². The van der Waals surface area contributed by atoms with Gasteiger partial charge in [-0.25, -0.2) is 4.98 Å². The molecular formula is C16H15N3O2. The highest BCUT2D eigenvalue weighted by atomic mass is 16.5. The number of pyridine rings is 1. The van der Waals surface area contributed by atoms with Crippen LogP contribution in [-0.4, -0.2) is 30.0 Å². The summed E-state index contributed by atoms with van der Waals surface area (Å²) in [5.74, 6) is 0.592. The number of H-pyrrole nitrogens is 1. The number of amides is 1. The van der Waals surface area contributed by atoms with Gasteiger partial charge in [0.1, 0.15) is 11.4 Å². The van der Waals surface area contributed by atoms with Gasteiger partial charge in [-0.2, -0.15) is 0 Å². The summed E-state index contributed by atoms with van der Waals surface area (Å²) in [6.07, 6.45) is 3.58. The zero-order valence-corrected chi connectivity index (χ0v) is 11.8. The highest BCUT2D eigenvalue weighted by Crippen LogP contribution is 2.34. The van der Waals surface area contributed by atoms with E-state index in [1.165, 1.54) is 0 Å². The van der Waals surface area contributed by atoms with Gasteiger partial charge in [-0.1, -0.05) is 0 Å². The monoisotopic (exact) mass is 281 g/mol. The summed E-state index contributed by atoms with van der Waals surface area (Å²) in [5, 5.41) is 3.62. The van der Waals surface area contributed by atoms with Crippen molar-refractivity contribution in [3.05, 3.63) is 48.3 Å². The minimum atomic E-state index is -0.127. The number of fused-ring (bicyclic) bond motifs is 1. The third-order valence-electron chi connectivity index (χ3n) is 3.44. The van der Waals surface area contributed by atoms with Crippen LogP contribution in [0.5, 0.6) is 5.75 Å². The zero-order chi connectivity index (χ0) is 14.8. The standard InChI is InChI=1S/C16H15N3O2/c1-17-16(20)10-3-4-14(21-2)13(9-10)11-5-7-18-15-12(11)6-8-19-15/h3-9H,1-2H3,(H,17,20)(H,18,19). The van der Waals surface area contributed by atoms with Gasteiger partial charge in [0.2, 0.25) is 0 Å². The maximum Gasteiger partial charge on any atom is 0.251 e. The smallest absolute Gasteiger partial charge is 0.251 e. The number of rotatable bonds is 3. The van der Waals surface area contributed by atoms with Gasteiger partial charge >= 0.3 is 0 Å². The number of benzene rings is 1. The van der Waals surface area contributed by atoms with Crippen LogP contribution < -0.4 is 10.1 Å². The van der Waals surface area contributed by atoms with Gasteiger partial charge in [0.25, 0.3) is 5.91 Å². The van der Waals surface area contributed by atoms with Crippen molar-refractivity contribution in [2.24, 2.45) is 0 Å². The predicted octanol–water partition coefficient (Wildman–Crippen LogP) is 2.60. The van der Waals surface area contributed by atoms with Gasteiger partial charge in [-0.3, -0.25) is 4.79 Å². The van der Waals surface area contributed by atoms with E-state index < -0.39 is 0 Å². The third kappa shape index (κ3) is 2.23. The lowest BCUT2D eigenvalue weighted by Gasteiger charge is -2.11. The fourth-order valence-corrected chi connectivity index (χ4v) is 2.40. The number of carbonyl (C=O) groups excluding carboxylic acids is 1. The molecule has 2 aromatic heterocycles. The second-order valence-corrected chi connectivity index (χ2v) is 4.59. The molecule has 0 aliphatic rings. The largest absolute Gasteiger partial charge is 0.496 e. The molecule has 0 saturated carbocycles. The SMILES string of the molecule is CNC(=O)c1ccc(OC)c(-c2ccnc3[nH]ccc23)c1. The Hall–Kier alpha value is -2.82. The van der Waals surface area contributed by atoms with Crippen LogP contribution in [0.2, 0.25) is 0 Å². The lowest BCUT2D eigenvalue weighted by Crippen LogP contribution is -2.17. The van der Waals surface area contributed by atoms with Crippen molar-refractivity contribution >= 4 is 16.9 Å². The van der Waals surface area contributed by atoms with Gasteiger partial charge < -0.3 is 15.0 Å². The molecule has 2 N–H and O–H groups in total. The first-order chi connectivity index (χ1) is 10.2. The predicted molar refractivity (Wildman–Crippen MR) is 81.5 cm³/mol. The van der Waals surface area contributed by atoms with Gasteiger partial charge in [0.05, 0.1) is 7.11 Å². The number of carbonyl (C=O) groups is 1. The number of aromatic amines is 1. The first kappa shape index (κ1) is 13.2. The van der Waals surface area contributed by atoms with E-state index in [0.29, 0.717) is 5.56 Å². The zero-order valence-electron chi connectivity index (χ0n) is 11.8. The fourth-order valence-electron chi connectivity index (χ4n) is 2.40. The molecule has 0 aliphatic heterocycles. The van der Waals surface area contributed by atoms with E-state index in [2.05, 4.69) is 15.3 Å². The Morgan fingerprint density at radius 2 is 2.10 bits per heavy atom. The normalized spacial score (nSPS) is 10.6. The van der Waals surface area contributed by atoms with E-state index >= 15 is 0 Å². The van der Waals surface area contributed by atoms with Crippen LogP contribution in [0, 0.1) is 0 Å². The van der Waals surface area contributed by atoms with Crippen LogP contribution in [0.1, 0.15) is 10.4 Å². The van der Waals surface area contributed by atoms with Gasteiger partial charge in [0, 0.05) is 36.0 Å². The summed E-state index contributed by atoms with van der Waals surface area (Å²) >= 11 is 0. The summed E-state index contributed by atoms with van der Waals surface area (Å²) in [6, 6.07) is 9.26. The van der Waals surface area contributed by atoms with E-state index in [0.717, 1.165) is 27.9 Å². The molecule has 2 heterocycles. The van der Waals surface area contributed by atoms with Crippen molar-refractivity contribution < 1.29 is 9.53 Å². The van der Waals surface area contributed by atoms with Gasteiger partial charge in [-0.05, 0) is 35.9 Å². The summed E-state index contributed by atoms with van der Waals surface area (Å²) in [4.78, 5) is 19.2. The average molecular weight is 281 g/mol. The molecule has 21 heavy (non-hydrogen) atoms. The summed E-state index contributed by atoms with van der Waals surface area (Å²) in [6.45, 7) is 0. The van der Waals surface area contributed by atoms with Crippen molar-refractivity contribution in [2.45, 2.75) is 0 Å². The van der Waals surface area contributed by atoms with Gasteiger partial charge in [0.15, 0.2) is 0 Å². The lowest BCUT2D eigenvalue weighted by molar-refractivity contribution is 0.0963. The molecule has 0 atom stereocenters.